The highest BCUT2D eigenvalue weighted by Gasteiger charge is 2.40. The van der Waals surface area contributed by atoms with Crippen LogP contribution >= 0.6 is 11.3 Å². The Hall–Kier alpha value is -1.63. The van der Waals surface area contributed by atoms with Gasteiger partial charge in [-0.25, -0.2) is 9.78 Å². The fourth-order valence-electron chi connectivity index (χ4n) is 3.26. The average Bonchev–Trinajstić information content (AvgIpc) is 3.41. The van der Waals surface area contributed by atoms with E-state index in [1.807, 2.05) is 18.0 Å². The van der Waals surface area contributed by atoms with Crippen molar-refractivity contribution in [2.75, 3.05) is 6.54 Å². The smallest absolute Gasteiger partial charge is 0.315 e. The number of carbonyl (C=O) groups excluding carboxylic acids is 2. The first-order valence-corrected chi connectivity index (χ1v) is 9.20. The Morgan fingerprint density at radius 2 is 2.17 bits per heavy atom. The van der Waals surface area contributed by atoms with Crippen molar-refractivity contribution in [3.05, 3.63) is 16.1 Å². The Morgan fingerprint density at radius 1 is 1.39 bits per heavy atom. The molecule has 3 fully saturated rings. The highest BCUT2D eigenvalue weighted by molar-refractivity contribution is 7.11. The van der Waals surface area contributed by atoms with Crippen LogP contribution in [-0.4, -0.2) is 40.5 Å². The molecule has 2 aliphatic carbocycles. The zero-order chi connectivity index (χ0) is 16.0. The zero-order valence-electron chi connectivity index (χ0n) is 13.2. The molecule has 7 heteroatoms. The molecule has 4 rings (SSSR count). The van der Waals surface area contributed by atoms with E-state index in [0.717, 1.165) is 35.6 Å². The highest BCUT2D eigenvalue weighted by Crippen LogP contribution is 2.42. The molecule has 3 amide bonds. The van der Waals surface area contributed by atoms with E-state index in [2.05, 4.69) is 15.6 Å². The average molecular weight is 334 g/mol. The maximum atomic E-state index is 12.3. The number of urea groups is 1. The van der Waals surface area contributed by atoms with Crippen LogP contribution < -0.4 is 10.6 Å². The minimum absolute atomic E-state index is 0.00494. The maximum absolute atomic E-state index is 12.3. The van der Waals surface area contributed by atoms with Crippen molar-refractivity contribution in [1.29, 1.82) is 0 Å². The lowest BCUT2D eigenvalue weighted by Gasteiger charge is -2.19. The van der Waals surface area contributed by atoms with Crippen LogP contribution in [0.3, 0.4) is 0 Å². The summed E-state index contributed by atoms with van der Waals surface area (Å²) in [6.45, 7) is 2.68. The van der Waals surface area contributed by atoms with Gasteiger partial charge in [0, 0.05) is 30.1 Å². The third-order valence-electron chi connectivity index (χ3n) is 4.77. The lowest BCUT2D eigenvalue weighted by atomic mass is 10.2. The molecule has 0 unspecified atom stereocenters. The minimum Gasteiger partial charge on any atom is -0.338 e. The molecule has 23 heavy (non-hydrogen) atoms. The van der Waals surface area contributed by atoms with E-state index in [1.54, 1.807) is 11.3 Å². The molecule has 2 saturated carbocycles. The second-order valence-electron chi connectivity index (χ2n) is 6.92. The fraction of sp³-hybridized carbons (Fsp3) is 0.688. The lowest BCUT2D eigenvalue weighted by molar-refractivity contribution is -0.128. The molecular formula is C16H22N4O2S. The molecule has 3 aliphatic rings. The molecule has 2 atom stereocenters. The standard InChI is InChI=1S/C16H22N4O2S/c1-9-7-17-15(23-9)14(10-2-3-10)19-16(22)18-11-6-13(21)20(8-11)12-4-5-12/h7,10-12,14H,2-6,8H2,1H3,(H2,18,19,22)/t11-,14-/m0/s1. The molecular weight excluding hydrogens is 312 g/mol. The number of hydrogen-bond donors (Lipinski definition) is 2. The van der Waals surface area contributed by atoms with Gasteiger partial charge < -0.3 is 15.5 Å². The lowest BCUT2D eigenvalue weighted by Crippen LogP contribution is -2.45. The molecule has 0 aromatic carbocycles. The Morgan fingerprint density at radius 3 is 2.78 bits per heavy atom. The van der Waals surface area contributed by atoms with Gasteiger partial charge >= 0.3 is 6.03 Å². The zero-order valence-corrected chi connectivity index (χ0v) is 14.1. The largest absolute Gasteiger partial charge is 0.338 e. The summed E-state index contributed by atoms with van der Waals surface area (Å²) in [5.41, 5.74) is 0. The number of rotatable bonds is 5. The third-order valence-corrected chi connectivity index (χ3v) is 5.76. The van der Waals surface area contributed by atoms with Crippen molar-refractivity contribution in [2.24, 2.45) is 5.92 Å². The first-order chi connectivity index (χ1) is 11.1. The third kappa shape index (κ3) is 3.34. The van der Waals surface area contributed by atoms with Crippen LogP contribution in [0.15, 0.2) is 6.20 Å². The molecule has 1 aromatic rings. The van der Waals surface area contributed by atoms with E-state index in [0.29, 0.717) is 24.9 Å². The van der Waals surface area contributed by atoms with Crippen LogP contribution in [-0.2, 0) is 4.79 Å². The van der Waals surface area contributed by atoms with Crippen molar-refractivity contribution >= 4 is 23.3 Å². The molecule has 124 valence electrons. The fourth-order valence-corrected chi connectivity index (χ4v) is 4.18. The van der Waals surface area contributed by atoms with Crippen molar-refractivity contribution in [3.8, 4) is 0 Å². The number of hydrogen-bond acceptors (Lipinski definition) is 4. The van der Waals surface area contributed by atoms with Crippen molar-refractivity contribution in [2.45, 2.75) is 57.2 Å². The summed E-state index contributed by atoms with van der Waals surface area (Å²) in [7, 11) is 0. The van der Waals surface area contributed by atoms with E-state index in [9.17, 15) is 9.59 Å². The molecule has 0 radical (unpaired) electrons. The number of amides is 3. The van der Waals surface area contributed by atoms with Crippen molar-refractivity contribution in [1.82, 2.24) is 20.5 Å². The summed E-state index contributed by atoms with van der Waals surface area (Å²) in [6, 6.07) is 0.186. The van der Waals surface area contributed by atoms with E-state index in [1.165, 1.54) is 0 Å². The van der Waals surface area contributed by atoms with Gasteiger partial charge in [-0.2, -0.15) is 0 Å². The molecule has 6 nitrogen and oxygen atoms in total. The van der Waals surface area contributed by atoms with Crippen LogP contribution in [0.2, 0.25) is 0 Å². The maximum Gasteiger partial charge on any atom is 0.315 e. The topological polar surface area (TPSA) is 74.3 Å². The summed E-state index contributed by atoms with van der Waals surface area (Å²) < 4.78 is 0. The van der Waals surface area contributed by atoms with Crippen LogP contribution in [0.1, 0.15) is 48.0 Å². The van der Waals surface area contributed by atoms with Gasteiger partial charge in [-0.15, -0.1) is 11.3 Å². The predicted molar refractivity (Wildman–Crippen MR) is 87.1 cm³/mol. The van der Waals surface area contributed by atoms with E-state index >= 15 is 0 Å². The first kappa shape index (κ1) is 14.9. The number of likely N-dealkylation sites (tertiary alicyclic amines) is 1. The van der Waals surface area contributed by atoms with Crippen LogP contribution in [0.5, 0.6) is 0 Å². The Bertz CT molecular complexity index is 623. The summed E-state index contributed by atoms with van der Waals surface area (Å²) in [6.07, 6.45) is 6.78. The summed E-state index contributed by atoms with van der Waals surface area (Å²) in [5, 5.41) is 7.04. The van der Waals surface area contributed by atoms with Crippen LogP contribution in [0.4, 0.5) is 4.79 Å². The van der Waals surface area contributed by atoms with Gasteiger partial charge in [-0.1, -0.05) is 0 Å². The van der Waals surface area contributed by atoms with Gasteiger partial charge in [0.1, 0.15) is 5.01 Å². The summed E-state index contributed by atoms with van der Waals surface area (Å²) >= 11 is 1.65. The van der Waals surface area contributed by atoms with Gasteiger partial charge in [0.2, 0.25) is 5.91 Å². The minimum atomic E-state index is -0.176. The van der Waals surface area contributed by atoms with Crippen LogP contribution in [0, 0.1) is 12.8 Å². The Labute approximate surface area is 139 Å². The number of carbonyl (C=O) groups is 2. The molecule has 0 spiro atoms. The monoisotopic (exact) mass is 334 g/mol. The molecule has 0 bridgehead atoms. The Balaban J connectivity index is 1.34. The second-order valence-corrected chi connectivity index (χ2v) is 8.19. The van der Waals surface area contributed by atoms with E-state index < -0.39 is 0 Å². The van der Waals surface area contributed by atoms with Gasteiger partial charge in [0.05, 0.1) is 12.1 Å². The van der Waals surface area contributed by atoms with Gasteiger partial charge in [-0.05, 0) is 38.5 Å². The SMILES string of the molecule is Cc1cnc([C@@H](NC(=O)N[C@H]2CC(=O)N(C3CC3)C2)C2CC2)s1. The second kappa shape index (κ2) is 5.78. The van der Waals surface area contributed by atoms with Gasteiger partial charge in [-0.3, -0.25) is 4.79 Å². The predicted octanol–water partition coefficient (Wildman–Crippen LogP) is 1.97. The van der Waals surface area contributed by atoms with Gasteiger partial charge in [0.25, 0.3) is 0 Å². The molecule has 1 aliphatic heterocycles. The quantitative estimate of drug-likeness (QED) is 0.864. The number of nitrogens with one attached hydrogen (secondary N) is 2. The van der Waals surface area contributed by atoms with E-state index in [-0.39, 0.29) is 24.0 Å². The molecule has 1 saturated heterocycles. The first-order valence-electron chi connectivity index (χ1n) is 8.39. The summed E-state index contributed by atoms with van der Waals surface area (Å²) in [4.78, 5) is 31.8. The summed E-state index contributed by atoms with van der Waals surface area (Å²) in [5.74, 6) is 0.673. The van der Waals surface area contributed by atoms with E-state index in [4.69, 9.17) is 0 Å². The highest BCUT2D eigenvalue weighted by atomic mass is 32.1. The molecule has 1 aromatic heterocycles. The molecule has 2 heterocycles. The van der Waals surface area contributed by atoms with Gasteiger partial charge in [0.15, 0.2) is 0 Å². The number of thiazole rings is 1. The number of aryl methyl sites for hydroxylation is 1. The molecule has 2 N–H and O–H groups in total. The normalized spacial score (nSPS) is 25.5. The van der Waals surface area contributed by atoms with Crippen molar-refractivity contribution in [3.63, 3.8) is 0 Å². The number of nitrogens with zero attached hydrogens (tertiary/aromatic N) is 2. The Kier molecular flexibility index (Phi) is 3.75. The number of aromatic nitrogens is 1. The van der Waals surface area contributed by atoms with Crippen LogP contribution in [0.25, 0.3) is 0 Å². The van der Waals surface area contributed by atoms with Crippen molar-refractivity contribution < 1.29 is 9.59 Å².